The smallest absolute Gasteiger partial charge is 0.138 e. The Labute approximate surface area is 121 Å². The van der Waals surface area contributed by atoms with Crippen LogP contribution in [-0.2, 0) is 0 Å². The molecule has 1 heterocycles. The molecule has 0 aliphatic carbocycles. The molecule has 0 unspecified atom stereocenters. The number of aromatic nitrogens is 2. The first-order chi connectivity index (χ1) is 9.70. The minimum atomic E-state index is 0.234. The zero-order valence-corrected chi connectivity index (χ0v) is 11.2. The van der Waals surface area contributed by atoms with Crippen molar-refractivity contribution in [3.05, 3.63) is 59.8 Å². The molecule has 0 saturated carbocycles. The van der Waals surface area contributed by atoms with Gasteiger partial charge in [-0.1, -0.05) is 17.7 Å². The molecule has 0 aliphatic heterocycles. The van der Waals surface area contributed by atoms with Crippen LogP contribution >= 0.6 is 11.6 Å². The Balaban J connectivity index is 1.82. The lowest BCUT2D eigenvalue weighted by molar-refractivity contribution is 0.475. The van der Waals surface area contributed by atoms with Crippen LogP contribution in [0.3, 0.4) is 0 Å². The Kier molecular flexibility index (Phi) is 3.31. The second kappa shape index (κ2) is 5.27. The van der Waals surface area contributed by atoms with Crippen LogP contribution in [0.15, 0.2) is 54.7 Å². The van der Waals surface area contributed by atoms with Gasteiger partial charge in [0.25, 0.3) is 0 Å². The molecule has 0 bridgehead atoms. The van der Waals surface area contributed by atoms with E-state index in [2.05, 4.69) is 15.3 Å². The largest absolute Gasteiger partial charge is 0.508 e. The number of H-pyrrole nitrogens is 1. The third-order valence-corrected chi connectivity index (χ3v) is 3.06. The first-order valence-electron chi connectivity index (χ1n) is 6.08. The number of aromatic amines is 1. The highest BCUT2D eigenvalue weighted by Crippen LogP contribution is 2.23. The summed E-state index contributed by atoms with van der Waals surface area (Å²) in [5, 5.41) is 13.1. The minimum absolute atomic E-state index is 0.234. The molecule has 3 rings (SSSR count). The van der Waals surface area contributed by atoms with E-state index in [1.807, 2.05) is 24.3 Å². The van der Waals surface area contributed by atoms with E-state index in [0.29, 0.717) is 5.02 Å². The zero-order valence-electron chi connectivity index (χ0n) is 10.5. The van der Waals surface area contributed by atoms with E-state index >= 15 is 0 Å². The molecule has 0 aliphatic rings. The van der Waals surface area contributed by atoms with Gasteiger partial charge in [-0.25, -0.2) is 4.98 Å². The first kappa shape index (κ1) is 12.6. The molecule has 0 amide bonds. The van der Waals surface area contributed by atoms with Crippen LogP contribution in [0.5, 0.6) is 5.75 Å². The van der Waals surface area contributed by atoms with E-state index < -0.39 is 0 Å². The molecule has 0 atom stereocenters. The summed E-state index contributed by atoms with van der Waals surface area (Å²) in [7, 11) is 0. The maximum absolute atomic E-state index is 9.27. The molecule has 1 aromatic heterocycles. The number of imidazole rings is 1. The van der Waals surface area contributed by atoms with Crippen LogP contribution in [0.25, 0.3) is 11.4 Å². The second-order valence-corrected chi connectivity index (χ2v) is 4.76. The van der Waals surface area contributed by atoms with Crippen LogP contribution in [-0.4, -0.2) is 15.1 Å². The fourth-order valence-corrected chi connectivity index (χ4v) is 2.06. The quantitative estimate of drug-likeness (QED) is 0.676. The lowest BCUT2D eigenvalue weighted by atomic mass is 10.2. The fourth-order valence-electron chi connectivity index (χ4n) is 1.87. The van der Waals surface area contributed by atoms with Gasteiger partial charge in [-0.15, -0.1) is 0 Å². The molecule has 20 heavy (non-hydrogen) atoms. The third kappa shape index (κ3) is 2.75. The average molecular weight is 286 g/mol. The Morgan fingerprint density at radius 1 is 1.10 bits per heavy atom. The Hall–Kier alpha value is -2.46. The van der Waals surface area contributed by atoms with Crippen molar-refractivity contribution in [1.82, 2.24) is 9.97 Å². The van der Waals surface area contributed by atoms with E-state index in [4.69, 9.17) is 11.6 Å². The highest BCUT2D eigenvalue weighted by Gasteiger charge is 2.04. The molecule has 0 saturated heterocycles. The van der Waals surface area contributed by atoms with Crippen LogP contribution < -0.4 is 5.32 Å². The van der Waals surface area contributed by atoms with Gasteiger partial charge in [0.2, 0.25) is 0 Å². The fraction of sp³-hybridized carbons (Fsp3) is 0. The minimum Gasteiger partial charge on any atom is -0.508 e. The van der Waals surface area contributed by atoms with Gasteiger partial charge in [-0.3, -0.25) is 0 Å². The SMILES string of the molecule is Oc1ccc(-c2ncc(Nc3cccc(Cl)c3)[nH]2)cc1. The summed E-state index contributed by atoms with van der Waals surface area (Å²) in [6.07, 6.45) is 1.71. The van der Waals surface area contributed by atoms with Crippen molar-refractivity contribution in [3.63, 3.8) is 0 Å². The number of nitrogens with zero attached hydrogens (tertiary/aromatic N) is 1. The monoisotopic (exact) mass is 285 g/mol. The summed E-state index contributed by atoms with van der Waals surface area (Å²) in [6, 6.07) is 14.3. The number of phenolic OH excluding ortho intramolecular Hbond substituents is 1. The molecular formula is C15H12ClN3O. The zero-order chi connectivity index (χ0) is 13.9. The highest BCUT2D eigenvalue weighted by atomic mass is 35.5. The van der Waals surface area contributed by atoms with Gasteiger partial charge in [0.15, 0.2) is 0 Å². The molecule has 2 aromatic carbocycles. The summed E-state index contributed by atoms with van der Waals surface area (Å²) in [4.78, 5) is 7.47. The lowest BCUT2D eigenvalue weighted by Crippen LogP contribution is -1.90. The van der Waals surface area contributed by atoms with Gasteiger partial charge in [0, 0.05) is 16.3 Å². The van der Waals surface area contributed by atoms with Crippen molar-refractivity contribution in [2.24, 2.45) is 0 Å². The van der Waals surface area contributed by atoms with Crippen molar-refractivity contribution < 1.29 is 5.11 Å². The maximum atomic E-state index is 9.27. The summed E-state index contributed by atoms with van der Waals surface area (Å²) < 4.78 is 0. The lowest BCUT2D eigenvalue weighted by Gasteiger charge is -2.03. The molecule has 4 nitrogen and oxygen atoms in total. The van der Waals surface area contributed by atoms with E-state index in [1.165, 1.54) is 0 Å². The predicted molar refractivity (Wildman–Crippen MR) is 80.4 cm³/mol. The van der Waals surface area contributed by atoms with Crippen LogP contribution in [0, 0.1) is 0 Å². The van der Waals surface area contributed by atoms with Crippen LogP contribution in [0.1, 0.15) is 0 Å². The predicted octanol–water partition coefficient (Wildman–Crippen LogP) is 4.18. The summed E-state index contributed by atoms with van der Waals surface area (Å²) >= 11 is 5.94. The number of aromatic hydroxyl groups is 1. The third-order valence-electron chi connectivity index (χ3n) is 2.82. The summed E-state index contributed by atoms with van der Waals surface area (Å²) in [5.74, 6) is 1.74. The van der Waals surface area contributed by atoms with Crippen molar-refractivity contribution in [2.75, 3.05) is 5.32 Å². The number of halogens is 1. The molecule has 100 valence electrons. The molecule has 5 heteroatoms. The van der Waals surface area contributed by atoms with Crippen molar-refractivity contribution >= 4 is 23.1 Å². The van der Waals surface area contributed by atoms with Gasteiger partial charge in [-0.05, 0) is 42.5 Å². The van der Waals surface area contributed by atoms with Gasteiger partial charge < -0.3 is 15.4 Å². The number of nitrogens with one attached hydrogen (secondary N) is 2. The number of hydrogen-bond donors (Lipinski definition) is 3. The van der Waals surface area contributed by atoms with Gasteiger partial charge in [0.05, 0.1) is 6.20 Å². The summed E-state index contributed by atoms with van der Waals surface area (Å²) in [6.45, 7) is 0. The average Bonchev–Trinajstić information content (AvgIpc) is 2.88. The number of rotatable bonds is 3. The topological polar surface area (TPSA) is 60.9 Å². The van der Waals surface area contributed by atoms with E-state index in [1.54, 1.807) is 30.5 Å². The molecular weight excluding hydrogens is 274 g/mol. The first-order valence-corrected chi connectivity index (χ1v) is 6.45. The Bertz CT molecular complexity index is 722. The molecule has 0 fully saturated rings. The van der Waals surface area contributed by atoms with Crippen molar-refractivity contribution in [3.8, 4) is 17.1 Å². The normalized spacial score (nSPS) is 10.4. The number of anilines is 2. The number of phenols is 1. The number of hydrogen-bond acceptors (Lipinski definition) is 3. The molecule has 0 spiro atoms. The molecule has 3 N–H and O–H groups in total. The Morgan fingerprint density at radius 3 is 2.65 bits per heavy atom. The van der Waals surface area contributed by atoms with Crippen LogP contribution in [0.4, 0.5) is 11.5 Å². The van der Waals surface area contributed by atoms with Crippen molar-refractivity contribution in [2.45, 2.75) is 0 Å². The second-order valence-electron chi connectivity index (χ2n) is 4.33. The van der Waals surface area contributed by atoms with Crippen LogP contribution in [0.2, 0.25) is 5.02 Å². The van der Waals surface area contributed by atoms with Gasteiger partial charge in [-0.2, -0.15) is 0 Å². The van der Waals surface area contributed by atoms with Crippen molar-refractivity contribution in [1.29, 1.82) is 0 Å². The van der Waals surface area contributed by atoms with Gasteiger partial charge >= 0.3 is 0 Å². The van der Waals surface area contributed by atoms with Gasteiger partial charge in [0.1, 0.15) is 17.4 Å². The van der Waals surface area contributed by atoms with E-state index in [-0.39, 0.29) is 5.75 Å². The summed E-state index contributed by atoms with van der Waals surface area (Å²) in [5.41, 5.74) is 1.79. The van der Waals surface area contributed by atoms with E-state index in [0.717, 1.165) is 22.9 Å². The standard InChI is InChI=1S/C15H12ClN3O/c16-11-2-1-3-12(8-11)18-14-9-17-15(19-14)10-4-6-13(20)7-5-10/h1-9,18,20H,(H,17,19). The highest BCUT2D eigenvalue weighted by molar-refractivity contribution is 6.30. The molecule has 0 radical (unpaired) electrons. The number of benzene rings is 2. The molecule has 3 aromatic rings. The maximum Gasteiger partial charge on any atom is 0.138 e. The van der Waals surface area contributed by atoms with E-state index in [9.17, 15) is 5.11 Å². The Morgan fingerprint density at radius 2 is 1.90 bits per heavy atom.